The Kier molecular flexibility index (Phi) is 5.40. The second-order valence-electron chi connectivity index (χ2n) is 4.97. The van der Waals surface area contributed by atoms with Gasteiger partial charge in [-0.25, -0.2) is 4.79 Å². The van der Waals surface area contributed by atoms with Crippen LogP contribution in [0.2, 0.25) is 0 Å². The van der Waals surface area contributed by atoms with Crippen molar-refractivity contribution < 1.29 is 14.3 Å². The fourth-order valence-corrected chi connectivity index (χ4v) is 2.08. The molecule has 0 atom stereocenters. The van der Waals surface area contributed by atoms with Gasteiger partial charge in [-0.15, -0.1) is 0 Å². The molecule has 1 aromatic heterocycles. The highest BCUT2D eigenvalue weighted by molar-refractivity contribution is 5.84. The van der Waals surface area contributed by atoms with Gasteiger partial charge in [0.05, 0.1) is 0 Å². The van der Waals surface area contributed by atoms with E-state index in [1.807, 2.05) is 18.2 Å². The first-order chi connectivity index (χ1) is 10.1. The van der Waals surface area contributed by atoms with E-state index < -0.39 is 5.97 Å². The van der Waals surface area contributed by atoms with Crippen molar-refractivity contribution in [3.8, 4) is 0 Å². The highest BCUT2D eigenvalue weighted by Gasteiger charge is 2.08. The Hall–Kier alpha value is -2.27. The first kappa shape index (κ1) is 15.1. The molecule has 21 heavy (non-hydrogen) atoms. The van der Waals surface area contributed by atoms with Gasteiger partial charge in [0.2, 0.25) is 5.76 Å². The van der Waals surface area contributed by atoms with E-state index in [1.54, 1.807) is 6.07 Å². The topological polar surface area (TPSA) is 65.7 Å². The molecule has 2 aromatic rings. The molecule has 0 spiro atoms. The number of rotatable bonds is 8. The van der Waals surface area contributed by atoms with E-state index in [9.17, 15) is 4.79 Å². The van der Waals surface area contributed by atoms with Gasteiger partial charge in [-0.2, -0.15) is 0 Å². The molecule has 0 fully saturated rings. The van der Waals surface area contributed by atoms with Crippen LogP contribution in [0.3, 0.4) is 0 Å². The monoisotopic (exact) mass is 288 g/mol. The summed E-state index contributed by atoms with van der Waals surface area (Å²) in [6.45, 7) is 2.62. The summed E-state index contributed by atoms with van der Waals surface area (Å²) in [4.78, 5) is 12.9. The van der Waals surface area contributed by atoms with Crippen LogP contribution in [-0.4, -0.2) is 36.1 Å². The molecule has 0 saturated heterocycles. The molecule has 0 saturated carbocycles. The number of carboxylic acids is 1. The SMILES string of the molecule is CN(CCCNc1ccc(C(=O)O)o1)Cc1ccccc1. The summed E-state index contributed by atoms with van der Waals surface area (Å²) < 4.78 is 5.12. The lowest BCUT2D eigenvalue weighted by atomic mass is 10.2. The molecule has 1 aromatic carbocycles. The van der Waals surface area contributed by atoms with Gasteiger partial charge < -0.3 is 19.7 Å². The van der Waals surface area contributed by atoms with Crippen molar-refractivity contribution in [3.05, 3.63) is 53.8 Å². The van der Waals surface area contributed by atoms with Crippen LogP contribution in [0.15, 0.2) is 46.9 Å². The molecule has 0 aliphatic carbocycles. The summed E-state index contributed by atoms with van der Waals surface area (Å²) in [7, 11) is 2.09. The number of anilines is 1. The number of hydrogen-bond acceptors (Lipinski definition) is 4. The smallest absolute Gasteiger partial charge is 0.371 e. The van der Waals surface area contributed by atoms with Gasteiger partial charge in [-0.1, -0.05) is 30.3 Å². The molecule has 0 bridgehead atoms. The zero-order valence-electron chi connectivity index (χ0n) is 12.1. The maximum Gasteiger partial charge on any atom is 0.371 e. The van der Waals surface area contributed by atoms with Crippen LogP contribution in [0.4, 0.5) is 5.88 Å². The maximum atomic E-state index is 10.7. The number of furan rings is 1. The minimum atomic E-state index is -1.05. The summed E-state index contributed by atoms with van der Waals surface area (Å²) in [6, 6.07) is 13.4. The minimum absolute atomic E-state index is 0.0429. The summed E-state index contributed by atoms with van der Waals surface area (Å²) in [5.74, 6) is -0.595. The van der Waals surface area contributed by atoms with Gasteiger partial charge in [0.15, 0.2) is 5.88 Å². The van der Waals surface area contributed by atoms with Gasteiger partial charge in [-0.3, -0.25) is 0 Å². The molecule has 112 valence electrons. The van der Waals surface area contributed by atoms with Crippen LogP contribution in [-0.2, 0) is 6.54 Å². The zero-order chi connectivity index (χ0) is 15.1. The molecule has 0 unspecified atom stereocenters. The molecular weight excluding hydrogens is 268 g/mol. The highest BCUT2D eigenvalue weighted by Crippen LogP contribution is 2.13. The molecular formula is C16H20N2O3. The fraction of sp³-hybridized carbons (Fsp3) is 0.312. The highest BCUT2D eigenvalue weighted by atomic mass is 16.4. The standard InChI is InChI=1S/C16H20N2O3/c1-18(12-13-6-3-2-4-7-13)11-5-10-17-15-9-8-14(21-15)16(19)20/h2-4,6-9,17H,5,10-12H2,1H3,(H,19,20). The number of aromatic carboxylic acids is 1. The van der Waals surface area contributed by atoms with Crippen molar-refractivity contribution in [3.63, 3.8) is 0 Å². The Morgan fingerprint density at radius 3 is 2.67 bits per heavy atom. The van der Waals surface area contributed by atoms with E-state index in [1.165, 1.54) is 11.6 Å². The van der Waals surface area contributed by atoms with Crippen molar-refractivity contribution in [1.82, 2.24) is 4.90 Å². The molecule has 1 heterocycles. The molecule has 2 rings (SSSR count). The Balaban J connectivity index is 1.66. The third kappa shape index (κ3) is 4.96. The predicted molar refractivity (Wildman–Crippen MR) is 81.6 cm³/mol. The number of nitrogens with zero attached hydrogens (tertiary/aromatic N) is 1. The van der Waals surface area contributed by atoms with Crippen LogP contribution in [0, 0.1) is 0 Å². The van der Waals surface area contributed by atoms with Gasteiger partial charge >= 0.3 is 5.97 Å². The quantitative estimate of drug-likeness (QED) is 0.731. The van der Waals surface area contributed by atoms with E-state index in [2.05, 4.69) is 29.4 Å². The zero-order valence-corrected chi connectivity index (χ0v) is 12.1. The van der Waals surface area contributed by atoms with E-state index in [0.29, 0.717) is 5.88 Å². The van der Waals surface area contributed by atoms with Crippen molar-refractivity contribution >= 4 is 11.9 Å². The maximum absolute atomic E-state index is 10.7. The summed E-state index contributed by atoms with van der Waals surface area (Å²) >= 11 is 0. The summed E-state index contributed by atoms with van der Waals surface area (Å²) in [6.07, 6.45) is 0.951. The lowest BCUT2D eigenvalue weighted by molar-refractivity contribution is 0.0663. The number of carboxylic acid groups (broad SMARTS) is 1. The van der Waals surface area contributed by atoms with Gasteiger partial charge in [0.1, 0.15) is 0 Å². The number of nitrogens with one attached hydrogen (secondary N) is 1. The van der Waals surface area contributed by atoms with Crippen molar-refractivity contribution in [1.29, 1.82) is 0 Å². The van der Waals surface area contributed by atoms with Crippen LogP contribution >= 0.6 is 0 Å². The van der Waals surface area contributed by atoms with Crippen molar-refractivity contribution in [2.45, 2.75) is 13.0 Å². The number of benzene rings is 1. The second kappa shape index (κ2) is 7.50. The lowest BCUT2D eigenvalue weighted by Gasteiger charge is -2.16. The molecule has 5 nitrogen and oxygen atoms in total. The van der Waals surface area contributed by atoms with Gasteiger partial charge in [0, 0.05) is 19.2 Å². The Bertz CT molecular complexity index is 566. The van der Waals surface area contributed by atoms with E-state index in [-0.39, 0.29) is 5.76 Å². The third-order valence-electron chi connectivity index (χ3n) is 3.13. The minimum Gasteiger partial charge on any atom is -0.475 e. The predicted octanol–water partition coefficient (Wildman–Crippen LogP) is 2.91. The average Bonchev–Trinajstić information content (AvgIpc) is 2.94. The number of hydrogen-bond donors (Lipinski definition) is 2. The van der Waals surface area contributed by atoms with E-state index >= 15 is 0 Å². The van der Waals surface area contributed by atoms with Crippen LogP contribution in [0.5, 0.6) is 0 Å². The normalized spacial score (nSPS) is 10.8. The van der Waals surface area contributed by atoms with Crippen LogP contribution in [0.1, 0.15) is 22.5 Å². The molecule has 0 aliphatic heterocycles. The number of carbonyl (C=O) groups is 1. The Morgan fingerprint density at radius 1 is 1.24 bits per heavy atom. The van der Waals surface area contributed by atoms with Gasteiger partial charge in [0.25, 0.3) is 0 Å². The van der Waals surface area contributed by atoms with Crippen molar-refractivity contribution in [2.24, 2.45) is 0 Å². The summed E-state index contributed by atoms with van der Waals surface area (Å²) in [5.41, 5.74) is 1.30. The van der Waals surface area contributed by atoms with E-state index in [0.717, 1.165) is 26.1 Å². The first-order valence-corrected chi connectivity index (χ1v) is 6.94. The Morgan fingerprint density at radius 2 is 2.00 bits per heavy atom. The molecule has 0 aliphatic rings. The lowest BCUT2D eigenvalue weighted by Crippen LogP contribution is -2.21. The van der Waals surface area contributed by atoms with E-state index in [4.69, 9.17) is 9.52 Å². The van der Waals surface area contributed by atoms with Crippen molar-refractivity contribution in [2.75, 3.05) is 25.5 Å². The van der Waals surface area contributed by atoms with Crippen LogP contribution < -0.4 is 5.32 Å². The first-order valence-electron chi connectivity index (χ1n) is 6.94. The van der Waals surface area contributed by atoms with Crippen LogP contribution in [0.25, 0.3) is 0 Å². The molecule has 0 radical (unpaired) electrons. The molecule has 2 N–H and O–H groups in total. The van der Waals surface area contributed by atoms with Gasteiger partial charge in [-0.05, 0) is 31.6 Å². The molecule has 5 heteroatoms. The molecule has 0 amide bonds. The Labute approximate surface area is 124 Å². The fourth-order valence-electron chi connectivity index (χ4n) is 2.08. The second-order valence-corrected chi connectivity index (χ2v) is 4.97. The third-order valence-corrected chi connectivity index (χ3v) is 3.13. The summed E-state index contributed by atoms with van der Waals surface area (Å²) in [5, 5.41) is 11.8. The average molecular weight is 288 g/mol. The largest absolute Gasteiger partial charge is 0.475 e.